The number of benzene rings is 2. The van der Waals surface area contributed by atoms with Gasteiger partial charge >= 0.3 is 6.18 Å². The molecule has 280 valence electrons. The van der Waals surface area contributed by atoms with Crippen molar-refractivity contribution in [3.63, 3.8) is 0 Å². The van der Waals surface area contributed by atoms with Crippen molar-refractivity contribution in [1.82, 2.24) is 30.0 Å². The summed E-state index contributed by atoms with van der Waals surface area (Å²) in [6.07, 6.45) is 3.19. The van der Waals surface area contributed by atoms with Crippen LogP contribution in [0.2, 0.25) is 0 Å². The number of ether oxygens (including phenoxy) is 2. The molecule has 1 N–H and O–H groups in total. The van der Waals surface area contributed by atoms with Gasteiger partial charge in [-0.05, 0) is 86.9 Å². The number of likely N-dealkylation sites (N-methyl/N-ethyl adjacent to an activating group) is 1. The highest BCUT2D eigenvalue weighted by atomic mass is 19.4. The summed E-state index contributed by atoms with van der Waals surface area (Å²) < 4.78 is 54.1. The maximum atomic E-state index is 14.1. The summed E-state index contributed by atoms with van der Waals surface area (Å²) in [7, 11) is 3.86. The molecule has 5 fully saturated rings. The summed E-state index contributed by atoms with van der Waals surface area (Å²) in [5, 5.41) is 8.86. The largest absolute Gasteiger partial charge is 0.481 e. The fourth-order valence-electron chi connectivity index (χ4n) is 9.37. The third-order valence-corrected chi connectivity index (χ3v) is 12.6. The molecule has 53 heavy (non-hydrogen) atoms. The van der Waals surface area contributed by atoms with Gasteiger partial charge in [0.25, 0.3) is 0 Å². The summed E-state index contributed by atoms with van der Waals surface area (Å²) >= 11 is 0. The number of rotatable bonds is 8. The van der Waals surface area contributed by atoms with E-state index in [0.717, 1.165) is 72.1 Å². The molecule has 2 aromatic heterocycles. The van der Waals surface area contributed by atoms with E-state index >= 15 is 0 Å². The maximum absolute atomic E-state index is 14.1. The monoisotopic (exact) mass is 730 g/mol. The predicted molar refractivity (Wildman–Crippen MR) is 197 cm³/mol. The molecule has 5 aliphatic rings. The average molecular weight is 731 g/mol. The lowest BCUT2D eigenvalue weighted by Gasteiger charge is -2.54. The third-order valence-electron chi connectivity index (χ3n) is 12.6. The number of likely N-dealkylation sites (tertiary alicyclic amines) is 2. The van der Waals surface area contributed by atoms with Crippen LogP contribution in [0.5, 0.6) is 5.75 Å². The molecule has 0 bridgehead atoms. The highest BCUT2D eigenvalue weighted by molar-refractivity contribution is 6.06. The normalized spacial score (nSPS) is 22.5. The van der Waals surface area contributed by atoms with Gasteiger partial charge in [0.15, 0.2) is 12.4 Å². The number of H-pyrrole nitrogens is 1. The van der Waals surface area contributed by atoms with Crippen LogP contribution in [-0.4, -0.2) is 120 Å². The molecule has 4 saturated heterocycles. The SMILES string of the molecule is C=CC(=O)N1CC2(CCN(c3nc(N4CC5(CC(OC)CN5C)C4)nc4c(OCC(F)(F)F)c(-c5c(C)ccc6[nH]ncc56)c(C5CC5)cc34)CC2)C1. The lowest BCUT2D eigenvalue weighted by atomic mass is 9.72. The number of methoxy groups -OCH3 is 1. The van der Waals surface area contributed by atoms with Gasteiger partial charge in [0.05, 0.1) is 23.4 Å². The van der Waals surface area contributed by atoms with Gasteiger partial charge in [-0.15, -0.1) is 0 Å². The summed E-state index contributed by atoms with van der Waals surface area (Å²) in [6, 6.07) is 6.04. The highest BCUT2D eigenvalue weighted by Gasteiger charge is 2.53. The molecule has 6 heterocycles. The second-order valence-electron chi connectivity index (χ2n) is 16.1. The highest BCUT2D eigenvalue weighted by Crippen LogP contribution is 2.54. The molecule has 9 rings (SSSR count). The standard InChI is InChI=1S/C39H45F3N8O3/c1-5-30(51)49-18-37(19-49)10-12-48(13-11-37)35-27-14-26(24-7-8-24)32(31-23(2)6-9-29-28(31)16-43-46-29)34(53-22-39(40,41)42)33(27)44-36(45-35)50-20-38(21-50)15-25(52-4)17-47(38)3/h5-6,9,14,16,24-25H,1,7-8,10-13,15,17-22H2,2-4H3,(H,43,46). The molecule has 1 aliphatic carbocycles. The van der Waals surface area contributed by atoms with Crippen LogP contribution in [0.15, 0.2) is 37.1 Å². The van der Waals surface area contributed by atoms with Crippen molar-refractivity contribution in [2.45, 2.75) is 62.8 Å². The van der Waals surface area contributed by atoms with Gasteiger partial charge in [0.1, 0.15) is 11.3 Å². The molecule has 11 nitrogen and oxygen atoms in total. The van der Waals surface area contributed by atoms with Gasteiger partial charge in [0, 0.05) is 74.7 Å². The number of piperidine rings is 1. The number of nitrogens with zero attached hydrogens (tertiary/aromatic N) is 7. The van der Waals surface area contributed by atoms with E-state index in [4.69, 9.17) is 19.4 Å². The molecule has 1 atom stereocenters. The van der Waals surface area contributed by atoms with E-state index in [1.54, 1.807) is 13.3 Å². The number of alkyl halides is 3. The Hall–Kier alpha value is -4.43. The Bertz CT molecular complexity index is 2110. The van der Waals surface area contributed by atoms with Crippen LogP contribution in [-0.2, 0) is 9.53 Å². The first-order valence-electron chi connectivity index (χ1n) is 18.6. The molecule has 1 amide bonds. The van der Waals surface area contributed by atoms with Crippen LogP contribution in [0.4, 0.5) is 24.9 Å². The van der Waals surface area contributed by atoms with E-state index in [1.807, 2.05) is 24.0 Å². The number of aromatic nitrogens is 4. The van der Waals surface area contributed by atoms with Crippen molar-refractivity contribution in [1.29, 1.82) is 0 Å². The maximum Gasteiger partial charge on any atom is 0.422 e. The quantitative estimate of drug-likeness (QED) is 0.225. The predicted octanol–water partition coefficient (Wildman–Crippen LogP) is 5.82. The van der Waals surface area contributed by atoms with Crippen molar-refractivity contribution < 1.29 is 27.4 Å². The van der Waals surface area contributed by atoms with E-state index in [-0.39, 0.29) is 34.6 Å². The van der Waals surface area contributed by atoms with Gasteiger partial charge in [-0.25, -0.2) is 4.98 Å². The molecular formula is C39H45F3N8O3. The molecule has 2 aromatic carbocycles. The van der Waals surface area contributed by atoms with Gasteiger partial charge in [-0.2, -0.15) is 23.3 Å². The Morgan fingerprint density at radius 2 is 1.83 bits per heavy atom. The Morgan fingerprint density at radius 3 is 2.49 bits per heavy atom. The zero-order chi connectivity index (χ0) is 36.9. The number of halogens is 3. The minimum atomic E-state index is -4.56. The minimum absolute atomic E-state index is 0.0438. The number of aromatic amines is 1. The Labute approximate surface area is 306 Å². The van der Waals surface area contributed by atoms with Crippen LogP contribution in [0.3, 0.4) is 0 Å². The summed E-state index contributed by atoms with van der Waals surface area (Å²) in [6.45, 7) is 9.20. The fourth-order valence-corrected chi connectivity index (χ4v) is 9.37. The second-order valence-corrected chi connectivity index (χ2v) is 16.1. The summed E-state index contributed by atoms with van der Waals surface area (Å²) in [5.41, 5.74) is 4.48. The van der Waals surface area contributed by atoms with Crippen molar-refractivity contribution >= 4 is 39.5 Å². The van der Waals surface area contributed by atoms with Crippen molar-refractivity contribution in [2.24, 2.45) is 5.41 Å². The summed E-state index contributed by atoms with van der Waals surface area (Å²) in [5.74, 6) is 1.47. The van der Waals surface area contributed by atoms with Crippen LogP contribution < -0.4 is 14.5 Å². The van der Waals surface area contributed by atoms with Crippen molar-refractivity contribution in [3.05, 3.63) is 48.2 Å². The van der Waals surface area contributed by atoms with Crippen LogP contribution in [0.25, 0.3) is 32.9 Å². The van der Waals surface area contributed by atoms with E-state index in [2.05, 4.69) is 44.6 Å². The molecule has 0 radical (unpaired) electrons. The van der Waals surface area contributed by atoms with Crippen molar-refractivity contribution in [2.75, 3.05) is 76.4 Å². The van der Waals surface area contributed by atoms with Gasteiger partial charge in [-0.3, -0.25) is 14.8 Å². The average Bonchev–Trinajstić information content (AvgIpc) is 3.74. The number of amides is 1. The molecule has 4 aromatic rings. The molecule has 4 aliphatic heterocycles. The molecule has 2 spiro atoms. The van der Waals surface area contributed by atoms with Gasteiger partial charge < -0.3 is 24.2 Å². The number of anilines is 2. The van der Waals surface area contributed by atoms with E-state index < -0.39 is 12.8 Å². The van der Waals surface area contributed by atoms with Gasteiger partial charge in [-0.1, -0.05) is 12.6 Å². The van der Waals surface area contributed by atoms with E-state index in [9.17, 15) is 18.0 Å². The smallest absolute Gasteiger partial charge is 0.422 e. The lowest BCUT2D eigenvalue weighted by molar-refractivity contribution is -0.153. The minimum Gasteiger partial charge on any atom is -0.481 e. The van der Waals surface area contributed by atoms with Crippen molar-refractivity contribution in [3.8, 4) is 16.9 Å². The van der Waals surface area contributed by atoms with Gasteiger partial charge in [0.2, 0.25) is 11.9 Å². The van der Waals surface area contributed by atoms with E-state index in [0.29, 0.717) is 61.7 Å². The number of hydrogen-bond acceptors (Lipinski definition) is 9. The Kier molecular flexibility index (Phi) is 7.97. The fraction of sp³-hybridized carbons (Fsp3) is 0.538. The van der Waals surface area contributed by atoms with Crippen LogP contribution in [0.1, 0.15) is 49.1 Å². The molecular weight excluding hydrogens is 685 g/mol. The Balaban J connectivity index is 1.20. The zero-order valence-electron chi connectivity index (χ0n) is 30.4. The molecule has 1 unspecified atom stereocenters. The third kappa shape index (κ3) is 5.79. The topological polar surface area (TPSA) is 103 Å². The summed E-state index contributed by atoms with van der Waals surface area (Å²) in [4.78, 5) is 31.3. The number of nitrogens with one attached hydrogen (secondary N) is 1. The number of carbonyl (C=O) groups is 1. The second kappa shape index (κ2) is 12.3. The number of carbonyl (C=O) groups excluding carboxylic acids is 1. The number of hydrogen-bond donors (Lipinski definition) is 1. The first-order valence-corrected chi connectivity index (χ1v) is 18.6. The molecule has 1 saturated carbocycles. The lowest BCUT2D eigenvalue weighted by Crippen LogP contribution is -2.67. The number of fused-ring (bicyclic) bond motifs is 2. The van der Waals surface area contributed by atoms with E-state index in [1.165, 1.54) is 6.08 Å². The first-order chi connectivity index (χ1) is 25.4. The number of aryl methyl sites for hydroxylation is 1. The van der Waals surface area contributed by atoms with Crippen LogP contribution >= 0.6 is 0 Å². The Morgan fingerprint density at radius 1 is 1.08 bits per heavy atom. The zero-order valence-corrected chi connectivity index (χ0v) is 30.4. The van der Waals surface area contributed by atoms with Crippen LogP contribution in [0, 0.1) is 12.3 Å². The molecule has 14 heteroatoms. The first kappa shape index (κ1) is 34.3.